The van der Waals surface area contributed by atoms with E-state index in [-0.39, 0.29) is 24.9 Å². The van der Waals surface area contributed by atoms with Crippen molar-refractivity contribution in [2.75, 3.05) is 23.3 Å². The number of aliphatic hydroxyl groups excluding tert-OH is 1. The fraction of sp³-hybridized carbons (Fsp3) is 0.708. The van der Waals surface area contributed by atoms with E-state index in [1.807, 2.05) is 18.7 Å². The number of aromatic nitrogens is 4. The van der Waals surface area contributed by atoms with Crippen molar-refractivity contribution in [2.24, 2.45) is 5.73 Å². The predicted molar refractivity (Wildman–Crippen MR) is 136 cm³/mol. The number of hydrogen-bond donors (Lipinski definition) is 4. The number of nitrogens with two attached hydrogens (primary N) is 1. The summed E-state index contributed by atoms with van der Waals surface area (Å²) in [5.41, 5.74) is 6.77. The molecule has 3 heterocycles. The van der Waals surface area contributed by atoms with Gasteiger partial charge in [0.15, 0.2) is 23.1 Å². The average Bonchev–Trinajstić information content (AvgIpc) is 3.60. The monoisotopic (exact) mass is 556 g/mol. The Labute approximate surface area is 223 Å². The molecule has 39 heavy (non-hydrogen) atoms. The van der Waals surface area contributed by atoms with E-state index >= 15 is 0 Å². The van der Waals surface area contributed by atoms with Gasteiger partial charge in [0.25, 0.3) is 0 Å². The topological polar surface area (TPSA) is 161 Å². The average molecular weight is 557 g/mol. The fourth-order valence-electron chi connectivity index (χ4n) is 5.10. The van der Waals surface area contributed by atoms with Crippen molar-refractivity contribution < 1.29 is 32.6 Å². The number of anilines is 2. The lowest BCUT2D eigenvalue weighted by molar-refractivity contribution is -0.209. The lowest BCUT2D eigenvalue weighted by Crippen LogP contribution is -2.45. The van der Waals surface area contributed by atoms with Gasteiger partial charge >= 0.3 is 12.1 Å². The maximum Gasteiger partial charge on any atom is 0.490 e. The number of imidazole rings is 1. The van der Waals surface area contributed by atoms with E-state index in [4.69, 9.17) is 20.4 Å². The van der Waals surface area contributed by atoms with Crippen LogP contribution in [0.25, 0.3) is 11.2 Å². The van der Waals surface area contributed by atoms with Crippen molar-refractivity contribution in [3.8, 4) is 0 Å². The van der Waals surface area contributed by atoms with Gasteiger partial charge in [-0.2, -0.15) is 23.1 Å². The summed E-state index contributed by atoms with van der Waals surface area (Å²) in [6.07, 6.45) is -4.62. The zero-order chi connectivity index (χ0) is 28.5. The number of carbonyl (C=O) groups excluding carboxylic acids is 2. The number of alkyl halides is 3. The number of amides is 1. The number of nitrogens with zero attached hydrogens (tertiary/aromatic N) is 5. The van der Waals surface area contributed by atoms with Crippen molar-refractivity contribution in [3.05, 3.63) is 6.33 Å². The maximum atomic E-state index is 13.1. The van der Waals surface area contributed by atoms with E-state index in [2.05, 4.69) is 15.6 Å². The first-order valence-electron chi connectivity index (χ1n) is 13.2. The molecule has 5 atom stereocenters. The molecule has 4 rings (SSSR count). The highest BCUT2D eigenvalue weighted by molar-refractivity contribution is 5.85. The summed E-state index contributed by atoms with van der Waals surface area (Å²) in [6.45, 7) is 6.83. The van der Waals surface area contributed by atoms with Crippen LogP contribution < -0.4 is 21.3 Å². The minimum Gasteiger partial charge on any atom is -0.451 e. The van der Waals surface area contributed by atoms with Crippen molar-refractivity contribution in [1.82, 2.24) is 24.8 Å². The minimum atomic E-state index is -5.26. The normalized spacial score (nSPS) is 25.5. The molecule has 1 saturated heterocycles. The number of esters is 1. The van der Waals surface area contributed by atoms with Gasteiger partial charge in [0.1, 0.15) is 6.10 Å². The summed E-state index contributed by atoms with van der Waals surface area (Å²) in [7, 11) is 0. The lowest BCUT2D eigenvalue weighted by Gasteiger charge is -2.25. The number of aliphatic hydroxyl groups is 1. The minimum absolute atomic E-state index is 0.0165. The number of nitrogens with one attached hydrogen (secondary N) is 2. The summed E-state index contributed by atoms with van der Waals surface area (Å²) >= 11 is 0. The van der Waals surface area contributed by atoms with Crippen LogP contribution in [0.15, 0.2) is 6.33 Å². The van der Waals surface area contributed by atoms with Crippen LogP contribution in [0.2, 0.25) is 0 Å². The van der Waals surface area contributed by atoms with E-state index in [0.717, 1.165) is 19.3 Å². The van der Waals surface area contributed by atoms with Gasteiger partial charge in [-0.05, 0) is 25.7 Å². The number of halogens is 3. The number of ether oxygens (including phenoxy) is 1. The van der Waals surface area contributed by atoms with Gasteiger partial charge in [0.05, 0.1) is 18.4 Å². The van der Waals surface area contributed by atoms with E-state index in [1.54, 1.807) is 6.92 Å². The summed E-state index contributed by atoms with van der Waals surface area (Å²) in [5, 5.41) is 16.9. The second-order valence-corrected chi connectivity index (χ2v) is 10.0. The van der Waals surface area contributed by atoms with Crippen molar-refractivity contribution >= 4 is 34.8 Å². The molecular formula is C24H35F3N8O4. The van der Waals surface area contributed by atoms with Gasteiger partial charge in [-0.25, -0.2) is 9.78 Å². The van der Waals surface area contributed by atoms with E-state index < -0.39 is 42.3 Å². The predicted octanol–water partition coefficient (Wildman–Crippen LogP) is 1.64. The zero-order valence-corrected chi connectivity index (χ0v) is 22.1. The molecule has 0 bridgehead atoms. The van der Waals surface area contributed by atoms with Crippen LogP contribution >= 0.6 is 0 Å². The molecule has 5 N–H and O–H groups in total. The number of carbonyl (C=O) groups is 2. The third-order valence-corrected chi connectivity index (χ3v) is 7.37. The third kappa shape index (κ3) is 6.03. The largest absolute Gasteiger partial charge is 0.490 e. The number of fused-ring (bicyclic) bond motifs is 1. The molecule has 216 valence electrons. The molecule has 2 aromatic heterocycles. The van der Waals surface area contributed by atoms with Gasteiger partial charge in [-0.15, -0.1) is 0 Å². The van der Waals surface area contributed by atoms with Gasteiger partial charge < -0.3 is 35.7 Å². The van der Waals surface area contributed by atoms with Crippen LogP contribution in [0.1, 0.15) is 58.9 Å². The van der Waals surface area contributed by atoms with Crippen LogP contribution in [0, 0.1) is 0 Å². The Morgan fingerprint density at radius 3 is 2.56 bits per heavy atom. The van der Waals surface area contributed by atoms with Crippen LogP contribution in [-0.4, -0.2) is 86.1 Å². The quantitative estimate of drug-likeness (QED) is 0.334. The summed E-state index contributed by atoms with van der Waals surface area (Å²) in [6, 6.07) is -1.91. The molecule has 1 aliphatic carbocycles. The maximum absolute atomic E-state index is 13.1. The first kappa shape index (κ1) is 28.8. The summed E-state index contributed by atoms with van der Waals surface area (Å²) < 4.78 is 45.7. The van der Waals surface area contributed by atoms with E-state index in [1.165, 1.54) is 10.9 Å². The van der Waals surface area contributed by atoms with E-state index in [0.29, 0.717) is 36.0 Å². The highest BCUT2D eigenvalue weighted by atomic mass is 19.4. The first-order chi connectivity index (χ1) is 18.5. The Morgan fingerprint density at radius 1 is 1.26 bits per heavy atom. The smallest absolute Gasteiger partial charge is 0.451 e. The standard InChI is InChI=1S/C24H35F3N8O4/c1-4-13(5-2)30-20-17-21(33-23(32-20)34-8-7-12(28)10-34)35(11-29-17)15-9-14(31-16(36)6-3)18(37)19(15)39-22(38)24(25,26)27/h11-15,18-19,37H,4-10,28H2,1-3H3,(H,31,36)(H,30,32,33)/t12-,14+,15-,18-,19+/m1/s1. The van der Waals surface area contributed by atoms with Gasteiger partial charge in [-0.1, -0.05) is 20.8 Å². The zero-order valence-electron chi connectivity index (χ0n) is 22.1. The molecule has 0 aromatic carbocycles. The Bertz CT molecular complexity index is 1190. The molecule has 0 radical (unpaired) electrons. The SMILES string of the molecule is CCC(=O)N[C@H]1C[C@@H](n2cnc3c(NC(CC)CC)nc(N4CC[C@@H](N)C4)nc32)[C@H](OC(=O)C(F)(F)F)[C@@H]1O. The van der Waals surface area contributed by atoms with Crippen LogP contribution in [0.4, 0.5) is 24.9 Å². The van der Waals surface area contributed by atoms with Crippen LogP contribution in [0.5, 0.6) is 0 Å². The molecule has 1 saturated carbocycles. The molecule has 0 unspecified atom stereocenters. The van der Waals surface area contributed by atoms with Crippen LogP contribution in [-0.2, 0) is 14.3 Å². The summed E-state index contributed by atoms with van der Waals surface area (Å²) in [4.78, 5) is 39.6. The lowest BCUT2D eigenvalue weighted by atomic mass is 10.2. The molecular weight excluding hydrogens is 521 g/mol. The molecule has 0 spiro atoms. The molecule has 12 nitrogen and oxygen atoms in total. The van der Waals surface area contributed by atoms with Gasteiger partial charge in [0, 0.05) is 31.6 Å². The Kier molecular flexibility index (Phi) is 8.49. The first-order valence-corrected chi connectivity index (χ1v) is 13.2. The number of hydrogen-bond acceptors (Lipinski definition) is 10. The highest BCUT2D eigenvalue weighted by Gasteiger charge is 2.51. The van der Waals surface area contributed by atoms with E-state index in [9.17, 15) is 27.9 Å². The Morgan fingerprint density at radius 2 is 1.97 bits per heavy atom. The number of rotatable bonds is 9. The second kappa shape index (κ2) is 11.5. The Balaban J connectivity index is 1.79. The highest BCUT2D eigenvalue weighted by Crippen LogP contribution is 2.38. The second-order valence-electron chi connectivity index (χ2n) is 10.0. The van der Waals surface area contributed by atoms with Gasteiger partial charge in [-0.3, -0.25) is 4.79 Å². The van der Waals surface area contributed by atoms with Gasteiger partial charge in [0.2, 0.25) is 11.9 Å². The fourth-order valence-corrected chi connectivity index (χ4v) is 5.10. The molecule has 1 amide bonds. The van der Waals surface area contributed by atoms with Crippen LogP contribution in [0.3, 0.4) is 0 Å². The van der Waals surface area contributed by atoms with Crippen molar-refractivity contribution in [2.45, 2.75) is 95.4 Å². The molecule has 2 aromatic rings. The molecule has 15 heteroatoms. The molecule has 2 aliphatic rings. The molecule has 2 fully saturated rings. The molecule has 1 aliphatic heterocycles. The van der Waals surface area contributed by atoms with Crippen molar-refractivity contribution in [3.63, 3.8) is 0 Å². The summed E-state index contributed by atoms with van der Waals surface area (Å²) in [5.74, 6) is -1.99. The van der Waals surface area contributed by atoms with Crippen molar-refractivity contribution in [1.29, 1.82) is 0 Å². The third-order valence-electron chi connectivity index (χ3n) is 7.37. The Hall–Kier alpha value is -3.20.